The average molecular weight is 250 g/mol. The Hall–Kier alpha value is -1.65. The molecule has 1 aromatic heterocycles. The molecule has 1 aromatic rings. The Morgan fingerprint density at radius 3 is 2.61 bits per heavy atom. The lowest BCUT2D eigenvalue weighted by atomic mass is 10.1. The average Bonchev–Trinajstić information content (AvgIpc) is 2.24. The van der Waals surface area contributed by atoms with Crippen molar-refractivity contribution in [3.05, 3.63) is 18.0 Å². The Bertz CT molecular complexity index is 410. The number of hydrogen-bond donors (Lipinski definition) is 2. The molecule has 100 valence electrons. The summed E-state index contributed by atoms with van der Waals surface area (Å²) in [5.41, 5.74) is 0.110. The van der Waals surface area contributed by atoms with E-state index in [-0.39, 0.29) is 11.4 Å². The second-order valence-electron chi connectivity index (χ2n) is 5.74. The number of carbonyl (C=O) groups excluding carboxylic acids is 1. The van der Waals surface area contributed by atoms with E-state index < -0.39 is 0 Å². The first kappa shape index (κ1) is 14.4. The van der Waals surface area contributed by atoms with Crippen LogP contribution in [-0.4, -0.2) is 28.0 Å². The minimum atomic E-state index is -0.270. The molecule has 0 unspecified atom stereocenters. The van der Waals surface area contributed by atoms with Gasteiger partial charge in [-0.05, 0) is 32.8 Å². The van der Waals surface area contributed by atoms with E-state index in [0.29, 0.717) is 17.6 Å². The molecule has 0 aliphatic heterocycles. The molecule has 0 bridgehead atoms. The van der Waals surface area contributed by atoms with Gasteiger partial charge < -0.3 is 10.6 Å². The quantitative estimate of drug-likeness (QED) is 0.858. The second kappa shape index (κ2) is 5.80. The molecule has 2 N–H and O–H groups in total. The van der Waals surface area contributed by atoms with Crippen molar-refractivity contribution in [1.29, 1.82) is 0 Å². The van der Waals surface area contributed by atoms with Crippen molar-refractivity contribution in [2.24, 2.45) is 5.92 Å². The van der Waals surface area contributed by atoms with Gasteiger partial charge in [0.05, 0.1) is 0 Å². The molecular formula is C13H22N4O. The van der Waals surface area contributed by atoms with Crippen LogP contribution in [0.25, 0.3) is 0 Å². The van der Waals surface area contributed by atoms with Crippen LogP contribution in [0.15, 0.2) is 12.3 Å². The third kappa shape index (κ3) is 5.12. The third-order valence-corrected chi connectivity index (χ3v) is 2.05. The predicted molar refractivity (Wildman–Crippen MR) is 72.6 cm³/mol. The summed E-state index contributed by atoms with van der Waals surface area (Å²) in [6.07, 6.45) is 1.59. The van der Waals surface area contributed by atoms with Gasteiger partial charge in [-0.3, -0.25) is 4.79 Å². The molecule has 0 saturated carbocycles. The molecule has 5 nitrogen and oxygen atoms in total. The molecule has 0 aliphatic carbocycles. The summed E-state index contributed by atoms with van der Waals surface area (Å²) < 4.78 is 0. The fourth-order valence-corrected chi connectivity index (χ4v) is 1.27. The smallest absolute Gasteiger partial charge is 0.270 e. The van der Waals surface area contributed by atoms with Gasteiger partial charge in [0.15, 0.2) is 0 Å². The summed E-state index contributed by atoms with van der Waals surface area (Å²) in [7, 11) is 0. The fraction of sp³-hybridized carbons (Fsp3) is 0.615. The SMILES string of the molecule is CC(C)CNc1nccc(C(=O)NC(C)(C)C)n1. The van der Waals surface area contributed by atoms with Crippen LogP contribution in [0.2, 0.25) is 0 Å². The number of rotatable bonds is 4. The molecule has 1 rings (SSSR count). The molecule has 0 aliphatic rings. The zero-order valence-corrected chi connectivity index (χ0v) is 11.7. The Balaban J connectivity index is 2.72. The molecule has 0 saturated heterocycles. The first-order chi connectivity index (χ1) is 8.28. The first-order valence-electron chi connectivity index (χ1n) is 6.17. The van der Waals surface area contributed by atoms with Crippen LogP contribution in [0.3, 0.4) is 0 Å². The Labute approximate surface area is 108 Å². The Kier molecular flexibility index (Phi) is 4.64. The van der Waals surface area contributed by atoms with E-state index in [1.54, 1.807) is 12.3 Å². The second-order valence-corrected chi connectivity index (χ2v) is 5.74. The van der Waals surface area contributed by atoms with E-state index in [4.69, 9.17) is 0 Å². The van der Waals surface area contributed by atoms with E-state index >= 15 is 0 Å². The minimum Gasteiger partial charge on any atom is -0.354 e. The summed E-state index contributed by atoms with van der Waals surface area (Å²) in [5, 5.41) is 5.97. The summed E-state index contributed by atoms with van der Waals surface area (Å²) in [5.74, 6) is 0.809. The van der Waals surface area contributed by atoms with Gasteiger partial charge in [0, 0.05) is 18.3 Å². The third-order valence-electron chi connectivity index (χ3n) is 2.05. The van der Waals surface area contributed by atoms with Crippen molar-refractivity contribution < 1.29 is 4.79 Å². The van der Waals surface area contributed by atoms with Crippen molar-refractivity contribution >= 4 is 11.9 Å². The highest BCUT2D eigenvalue weighted by molar-refractivity contribution is 5.92. The number of anilines is 1. The number of hydrogen-bond acceptors (Lipinski definition) is 4. The van der Waals surface area contributed by atoms with Crippen LogP contribution in [-0.2, 0) is 0 Å². The van der Waals surface area contributed by atoms with E-state index in [1.165, 1.54) is 0 Å². The van der Waals surface area contributed by atoms with Gasteiger partial charge in [0.2, 0.25) is 5.95 Å². The number of carbonyl (C=O) groups is 1. The van der Waals surface area contributed by atoms with E-state index in [1.807, 2.05) is 20.8 Å². The molecular weight excluding hydrogens is 228 g/mol. The van der Waals surface area contributed by atoms with Gasteiger partial charge >= 0.3 is 0 Å². The van der Waals surface area contributed by atoms with Gasteiger partial charge in [-0.1, -0.05) is 13.8 Å². The number of nitrogens with zero attached hydrogens (tertiary/aromatic N) is 2. The summed E-state index contributed by atoms with van der Waals surface area (Å²) >= 11 is 0. The van der Waals surface area contributed by atoms with E-state index in [2.05, 4.69) is 34.4 Å². The normalized spacial score (nSPS) is 11.4. The van der Waals surface area contributed by atoms with Gasteiger partial charge in [0.25, 0.3) is 5.91 Å². The Morgan fingerprint density at radius 1 is 1.39 bits per heavy atom. The lowest BCUT2D eigenvalue weighted by Gasteiger charge is -2.20. The molecule has 1 amide bonds. The topological polar surface area (TPSA) is 66.9 Å². The van der Waals surface area contributed by atoms with Crippen molar-refractivity contribution in [2.75, 3.05) is 11.9 Å². The monoisotopic (exact) mass is 250 g/mol. The highest BCUT2D eigenvalue weighted by atomic mass is 16.2. The molecule has 0 aromatic carbocycles. The summed E-state index contributed by atoms with van der Waals surface area (Å²) in [6, 6.07) is 1.61. The van der Waals surface area contributed by atoms with Crippen molar-refractivity contribution in [3.8, 4) is 0 Å². The number of amides is 1. The predicted octanol–water partition coefficient (Wildman–Crippen LogP) is 2.07. The van der Waals surface area contributed by atoms with Gasteiger partial charge in [-0.25, -0.2) is 9.97 Å². The maximum absolute atomic E-state index is 11.9. The molecule has 1 heterocycles. The van der Waals surface area contributed by atoms with Gasteiger partial charge in [-0.2, -0.15) is 0 Å². The molecule has 0 fully saturated rings. The zero-order chi connectivity index (χ0) is 13.8. The van der Waals surface area contributed by atoms with Crippen LogP contribution in [0.4, 0.5) is 5.95 Å². The Morgan fingerprint density at radius 2 is 2.06 bits per heavy atom. The lowest BCUT2D eigenvalue weighted by molar-refractivity contribution is 0.0914. The van der Waals surface area contributed by atoms with Gasteiger partial charge in [0.1, 0.15) is 5.69 Å². The summed E-state index contributed by atoms with van der Waals surface area (Å²) in [4.78, 5) is 20.2. The lowest BCUT2D eigenvalue weighted by Crippen LogP contribution is -2.41. The largest absolute Gasteiger partial charge is 0.354 e. The van der Waals surface area contributed by atoms with Crippen LogP contribution < -0.4 is 10.6 Å². The standard InChI is InChI=1S/C13H22N4O/c1-9(2)8-15-12-14-7-6-10(16-12)11(18)17-13(3,4)5/h6-7,9H,8H2,1-5H3,(H,17,18)(H,14,15,16). The van der Waals surface area contributed by atoms with Crippen LogP contribution in [0.1, 0.15) is 45.1 Å². The maximum Gasteiger partial charge on any atom is 0.270 e. The first-order valence-corrected chi connectivity index (χ1v) is 6.17. The van der Waals surface area contributed by atoms with Crippen molar-refractivity contribution in [1.82, 2.24) is 15.3 Å². The molecule has 0 spiro atoms. The molecule has 0 radical (unpaired) electrons. The minimum absolute atomic E-state index is 0.183. The van der Waals surface area contributed by atoms with E-state index in [0.717, 1.165) is 6.54 Å². The number of aromatic nitrogens is 2. The van der Waals surface area contributed by atoms with Crippen molar-refractivity contribution in [3.63, 3.8) is 0 Å². The van der Waals surface area contributed by atoms with Crippen LogP contribution in [0.5, 0.6) is 0 Å². The zero-order valence-electron chi connectivity index (χ0n) is 11.7. The molecule has 5 heteroatoms. The number of nitrogens with one attached hydrogen (secondary N) is 2. The van der Waals surface area contributed by atoms with Gasteiger partial charge in [-0.15, -0.1) is 0 Å². The van der Waals surface area contributed by atoms with Crippen LogP contribution in [0, 0.1) is 5.92 Å². The fourth-order valence-electron chi connectivity index (χ4n) is 1.27. The van der Waals surface area contributed by atoms with E-state index in [9.17, 15) is 4.79 Å². The highest BCUT2D eigenvalue weighted by Gasteiger charge is 2.16. The summed E-state index contributed by atoms with van der Waals surface area (Å²) in [6.45, 7) is 10.8. The van der Waals surface area contributed by atoms with Crippen LogP contribution >= 0.6 is 0 Å². The highest BCUT2D eigenvalue weighted by Crippen LogP contribution is 2.05. The molecule has 18 heavy (non-hydrogen) atoms. The maximum atomic E-state index is 11.9. The van der Waals surface area contributed by atoms with Crippen molar-refractivity contribution in [2.45, 2.75) is 40.2 Å². The molecule has 0 atom stereocenters.